The topological polar surface area (TPSA) is 27.3 Å². The molecule has 2 N–H and O–H groups in total. The largest absolute Gasteiger partial charge is 0.315 e. The lowest BCUT2D eigenvalue weighted by atomic mass is 10.1. The first-order valence-corrected chi connectivity index (χ1v) is 7.41. The molecule has 0 radical (unpaired) electrons. The van der Waals surface area contributed by atoms with E-state index in [4.69, 9.17) is 0 Å². The van der Waals surface area contributed by atoms with Crippen LogP contribution in [0.2, 0.25) is 0 Å². The van der Waals surface area contributed by atoms with Crippen LogP contribution in [0.5, 0.6) is 0 Å². The minimum Gasteiger partial charge on any atom is -0.315 e. The molecule has 0 bridgehead atoms. The van der Waals surface area contributed by atoms with Gasteiger partial charge in [-0.15, -0.1) is 0 Å². The normalized spacial score (nSPS) is 21.1. The van der Waals surface area contributed by atoms with Crippen LogP contribution in [-0.4, -0.2) is 50.7 Å². The van der Waals surface area contributed by atoms with Crippen LogP contribution >= 0.6 is 15.9 Å². The third-order valence-corrected chi connectivity index (χ3v) is 4.15. The third-order valence-electron chi connectivity index (χ3n) is 3.38. The summed E-state index contributed by atoms with van der Waals surface area (Å²) in [4.78, 5) is 2.39. The van der Waals surface area contributed by atoms with Crippen molar-refractivity contribution in [3.8, 4) is 0 Å². The summed E-state index contributed by atoms with van der Waals surface area (Å²) in [5.74, 6) is 0. The van der Waals surface area contributed by atoms with Crippen molar-refractivity contribution in [2.45, 2.75) is 12.5 Å². The first kappa shape index (κ1) is 14.0. The molecule has 0 aromatic heterocycles. The van der Waals surface area contributed by atoms with Crippen LogP contribution in [0.15, 0.2) is 28.7 Å². The second-order valence-electron chi connectivity index (χ2n) is 4.96. The molecule has 0 aliphatic carbocycles. The Morgan fingerprint density at radius 2 is 2.28 bits per heavy atom. The summed E-state index contributed by atoms with van der Waals surface area (Å²) in [5, 5.41) is 7.09. The van der Waals surface area contributed by atoms with Gasteiger partial charge in [-0.1, -0.05) is 34.1 Å². The van der Waals surface area contributed by atoms with E-state index in [0.717, 1.165) is 39.1 Å². The molecule has 1 aliphatic rings. The average molecular weight is 312 g/mol. The fraction of sp³-hybridized carbons (Fsp3) is 0.571. The van der Waals surface area contributed by atoms with Crippen LogP contribution in [0.4, 0.5) is 0 Å². The van der Waals surface area contributed by atoms with E-state index in [2.05, 4.69) is 62.8 Å². The van der Waals surface area contributed by atoms with Crippen LogP contribution in [0.1, 0.15) is 5.56 Å². The Morgan fingerprint density at radius 1 is 1.44 bits per heavy atom. The number of piperazine rings is 1. The molecule has 0 amide bonds. The van der Waals surface area contributed by atoms with Crippen molar-refractivity contribution in [3.05, 3.63) is 34.3 Å². The van der Waals surface area contributed by atoms with Crippen molar-refractivity contribution in [2.24, 2.45) is 0 Å². The van der Waals surface area contributed by atoms with E-state index in [1.807, 2.05) is 0 Å². The number of likely N-dealkylation sites (N-methyl/N-ethyl adjacent to an activating group) is 1. The van der Waals surface area contributed by atoms with Crippen LogP contribution in [0, 0.1) is 0 Å². The molecule has 1 atom stereocenters. The lowest BCUT2D eigenvalue weighted by Crippen LogP contribution is -2.53. The van der Waals surface area contributed by atoms with Gasteiger partial charge in [0, 0.05) is 36.7 Å². The first-order valence-electron chi connectivity index (χ1n) is 6.62. The highest BCUT2D eigenvalue weighted by Crippen LogP contribution is 2.15. The maximum absolute atomic E-state index is 3.59. The summed E-state index contributed by atoms with van der Waals surface area (Å²) in [6.45, 7) is 5.49. The Bertz CT molecular complexity index is 370. The van der Waals surface area contributed by atoms with Gasteiger partial charge in [0.05, 0.1) is 0 Å². The SMILES string of the molecule is CN1CCNC(CNCCc2ccccc2Br)C1. The molecule has 18 heavy (non-hydrogen) atoms. The van der Waals surface area contributed by atoms with E-state index < -0.39 is 0 Å². The minimum absolute atomic E-state index is 0.586. The maximum Gasteiger partial charge on any atom is 0.0320 e. The second-order valence-corrected chi connectivity index (χ2v) is 5.81. The van der Waals surface area contributed by atoms with Gasteiger partial charge in [0.25, 0.3) is 0 Å². The van der Waals surface area contributed by atoms with Gasteiger partial charge in [0.15, 0.2) is 0 Å². The predicted octanol–water partition coefficient (Wildman–Crippen LogP) is 1.48. The number of nitrogens with zero attached hydrogens (tertiary/aromatic N) is 1. The number of hydrogen-bond donors (Lipinski definition) is 2. The Kier molecular flexibility index (Phi) is 5.63. The summed E-state index contributed by atoms with van der Waals surface area (Å²) in [6, 6.07) is 9.02. The molecule has 1 aromatic carbocycles. The Balaban J connectivity index is 1.65. The highest BCUT2D eigenvalue weighted by molar-refractivity contribution is 9.10. The minimum atomic E-state index is 0.586. The lowest BCUT2D eigenvalue weighted by molar-refractivity contribution is 0.235. The van der Waals surface area contributed by atoms with Crippen molar-refractivity contribution in [3.63, 3.8) is 0 Å². The Labute approximate surface area is 118 Å². The number of halogens is 1. The fourth-order valence-electron chi connectivity index (χ4n) is 2.33. The smallest absolute Gasteiger partial charge is 0.0320 e. The molecule has 1 heterocycles. The molecular formula is C14H22BrN3. The molecular weight excluding hydrogens is 290 g/mol. The van der Waals surface area contributed by atoms with Gasteiger partial charge in [-0.05, 0) is 31.6 Å². The number of hydrogen-bond acceptors (Lipinski definition) is 3. The quantitative estimate of drug-likeness (QED) is 0.807. The van der Waals surface area contributed by atoms with E-state index in [-0.39, 0.29) is 0 Å². The molecule has 0 saturated carbocycles. The highest BCUT2D eigenvalue weighted by Gasteiger charge is 2.15. The van der Waals surface area contributed by atoms with E-state index >= 15 is 0 Å². The van der Waals surface area contributed by atoms with E-state index in [1.165, 1.54) is 10.0 Å². The molecule has 100 valence electrons. The standard InChI is InChI=1S/C14H22BrN3/c1-18-9-8-17-13(11-18)10-16-7-6-12-4-2-3-5-14(12)15/h2-5,13,16-17H,6-11H2,1H3. The van der Waals surface area contributed by atoms with Crippen LogP contribution in [-0.2, 0) is 6.42 Å². The molecule has 1 aromatic rings. The van der Waals surface area contributed by atoms with E-state index in [1.54, 1.807) is 0 Å². The van der Waals surface area contributed by atoms with Crippen molar-refractivity contribution >= 4 is 15.9 Å². The van der Waals surface area contributed by atoms with Crippen molar-refractivity contribution in [1.29, 1.82) is 0 Å². The molecule has 1 saturated heterocycles. The fourth-order valence-corrected chi connectivity index (χ4v) is 2.81. The van der Waals surface area contributed by atoms with Gasteiger partial charge in [-0.2, -0.15) is 0 Å². The number of benzene rings is 1. The molecule has 1 fully saturated rings. The van der Waals surface area contributed by atoms with Gasteiger partial charge >= 0.3 is 0 Å². The number of nitrogens with one attached hydrogen (secondary N) is 2. The monoisotopic (exact) mass is 311 g/mol. The highest BCUT2D eigenvalue weighted by atomic mass is 79.9. The van der Waals surface area contributed by atoms with Gasteiger partial charge in [-0.25, -0.2) is 0 Å². The van der Waals surface area contributed by atoms with Gasteiger partial charge in [-0.3, -0.25) is 0 Å². The zero-order valence-electron chi connectivity index (χ0n) is 11.0. The summed E-state index contributed by atoms with van der Waals surface area (Å²) in [6.07, 6.45) is 1.07. The van der Waals surface area contributed by atoms with Crippen molar-refractivity contribution < 1.29 is 0 Å². The lowest BCUT2D eigenvalue weighted by Gasteiger charge is -2.31. The second kappa shape index (κ2) is 7.24. The molecule has 2 rings (SSSR count). The summed E-state index contributed by atoms with van der Waals surface area (Å²) in [7, 11) is 2.19. The van der Waals surface area contributed by atoms with E-state index in [9.17, 15) is 0 Å². The maximum atomic E-state index is 3.59. The van der Waals surface area contributed by atoms with Gasteiger partial charge in [0.2, 0.25) is 0 Å². The predicted molar refractivity (Wildman–Crippen MR) is 80.0 cm³/mol. The van der Waals surface area contributed by atoms with Gasteiger partial charge in [0.1, 0.15) is 0 Å². The van der Waals surface area contributed by atoms with Crippen LogP contribution < -0.4 is 10.6 Å². The zero-order chi connectivity index (χ0) is 12.8. The molecule has 3 nitrogen and oxygen atoms in total. The summed E-state index contributed by atoms with van der Waals surface area (Å²) < 4.78 is 1.21. The van der Waals surface area contributed by atoms with Crippen LogP contribution in [0.25, 0.3) is 0 Å². The molecule has 0 spiro atoms. The van der Waals surface area contributed by atoms with E-state index in [0.29, 0.717) is 6.04 Å². The first-order chi connectivity index (χ1) is 8.75. The number of rotatable bonds is 5. The zero-order valence-corrected chi connectivity index (χ0v) is 12.5. The van der Waals surface area contributed by atoms with Crippen molar-refractivity contribution in [2.75, 3.05) is 39.8 Å². The molecule has 1 aliphatic heterocycles. The van der Waals surface area contributed by atoms with Crippen molar-refractivity contribution in [1.82, 2.24) is 15.5 Å². The van der Waals surface area contributed by atoms with Crippen LogP contribution in [0.3, 0.4) is 0 Å². The average Bonchev–Trinajstić information content (AvgIpc) is 2.37. The van der Waals surface area contributed by atoms with Gasteiger partial charge < -0.3 is 15.5 Å². The molecule has 4 heteroatoms. The molecule has 1 unspecified atom stereocenters. The summed E-state index contributed by atoms with van der Waals surface area (Å²) in [5.41, 5.74) is 1.37. The third kappa shape index (κ3) is 4.35. The summed E-state index contributed by atoms with van der Waals surface area (Å²) >= 11 is 3.59. The Hall–Kier alpha value is -0.420. The Morgan fingerprint density at radius 3 is 3.06 bits per heavy atom.